The molecule has 0 aromatic heterocycles. The van der Waals surface area contributed by atoms with Crippen LogP contribution >= 0.6 is 0 Å². The minimum Gasteiger partial charge on any atom is -0.395 e. The predicted octanol–water partition coefficient (Wildman–Crippen LogP) is 1.35. The van der Waals surface area contributed by atoms with Gasteiger partial charge in [0.05, 0.1) is 6.61 Å². The normalized spacial score (nSPS) is 10.4. The summed E-state index contributed by atoms with van der Waals surface area (Å²) in [6, 6.07) is 0. The van der Waals surface area contributed by atoms with Gasteiger partial charge in [-0.2, -0.15) is 0 Å². The number of aliphatic hydroxyl groups is 1. The van der Waals surface area contributed by atoms with Crippen molar-refractivity contribution in [1.29, 1.82) is 0 Å². The highest BCUT2D eigenvalue weighted by Crippen LogP contribution is 2.13. The van der Waals surface area contributed by atoms with Crippen molar-refractivity contribution < 1.29 is 5.11 Å². The molecule has 46 valence electrons. The second kappa shape index (κ2) is 2.71. The number of hydrogen-bond donors (Lipinski definition) is 1. The summed E-state index contributed by atoms with van der Waals surface area (Å²) in [5.41, 5.74) is 2.47. The standard InChI is InChI=1S/C7H12O/c1-4-5-7(2,3)6-8/h5,8H,1,6H2,2-3H3. The van der Waals surface area contributed by atoms with Gasteiger partial charge in [0, 0.05) is 5.41 Å². The van der Waals surface area contributed by atoms with Crippen LogP contribution in [0.1, 0.15) is 13.8 Å². The maximum absolute atomic E-state index is 8.63. The molecule has 0 saturated carbocycles. The summed E-state index contributed by atoms with van der Waals surface area (Å²) in [5, 5.41) is 8.63. The Kier molecular flexibility index (Phi) is 2.53. The van der Waals surface area contributed by atoms with Crippen molar-refractivity contribution in [1.82, 2.24) is 0 Å². The van der Waals surface area contributed by atoms with Crippen molar-refractivity contribution in [2.45, 2.75) is 13.8 Å². The molecule has 0 atom stereocenters. The van der Waals surface area contributed by atoms with E-state index < -0.39 is 0 Å². The van der Waals surface area contributed by atoms with Gasteiger partial charge in [0.1, 0.15) is 0 Å². The van der Waals surface area contributed by atoms with Crippen LogP contribution in [0.15, 0.2) is 18.4 Å². The number of rotatable bonds is 2. The number of aliphatic hydroxyl groups excluding tert-OH is 1. The Hall–Kier alpha value is -0.520. The Morgan fingerprint density at radius 3 is 2.38 bits per heavy atom. The summed E-state index contributed by atoms with van der Waals surface area (Å²) >= 11 is 0. The first-order valence-corrected chi connectivity index (χ1v) is 2.60. The van der Waals surface area contributed by atoms with E-state index in [1.165, 1.54) is 0 Å². The van der Waals surface area contributed by atoms with Crippen molar-refractivity contribution in [3.8, 4) is 0 Å². The highest BCUT2D eigenvalue weighted by molar-refractivity contribution is 4.90. The third-order valence-electron chi connectivity index (χ3n) is 0.900. The van der Waals surface area contributed by atoms with Gasteiger partial charge < -0.3 is 5.11 Å². The first-order chi connectivity index (χ1) is 3.62. The molecule has 0 heterocycles. The van der Waals surface area contributed by atoms with E-state index in [4.69, 9.17) is 5.11 Å². The highest BCUT2D eigenvalue weighted by Gasteiger charge is 2.09. The lowest BCUT2D eigenvalue weighted by Gasteiger charge is -2.13. The summed E-state index contributed by atoms with van der Waals surface area (Å²) in [6.45, 7) is 7.39. The molecule has 0 aromatic rings. The second-order valence-corrected chi connectivity index (χ2v) is 2.50. The smallest absolute Gasteiger partial charge is 0.0522 e. The molecular formula is C7H12O. The second-order valence-electron chi connectivity index (χ2n) is 2.50. The fraction of sp³-hybridized carbons (Fsp3) is 0.571. The summed E-state index contributed by atoms with van der Waals surface area (Å²) in [5.74, 6) is 0. The lowest BCUT2D eigenvalue weighted by atomic mass is 9.95. The fourth-order valence-electron chi connectivity index (χ4n) is 0.322. The molecule has 1 nitrogen and oxygen atoms in total. The zero-order chi connectivity index (χ0) is 6.62. The zero-order valence-electron chi connectivity index (χ0n) is 5.44. The van der Waals surface area contributed by atoms with E-state index >= 15 is 0 Å². The van der Waals surface area contributed by atoms with Crippen LogP contribution in [-0.4, -0.2) is 11.7 Å². The molecule has 0 fully saturated rings. The third-order valence-corrected chi connectivity index (χ3v) is 0.900. The molecule has 0 aliphatic heterocycles. The van der Waals surface area contributed by atoms with Crippen molar-refractivity contribution in [2.75, 3.05) is 6.61 Å². The lowest BCUT2D eigenvalue weighted by Crippen LogP contribution is -2.11. The zero-order valence-corrected chi connectivity index (χ0v) is 5.44. The Balaban J connectivity index is 3.90. The largest absolute Gasteiger partial charge is 0.395 e. The molecule has 0 rings (SSSR count). The lowest BCUT2D eigenvalue weighted by molar-refractivity contribution is 0.200. The topological polar surface area (TPSA) is 20.2 Å². The van der Waals surface area contributed by atoms with E-state index in [0.29, 0.717) is 0 Å². The maximum atomic E-state index is 8.63. The van der Waals surface area contributed by atoms with Gasteiger partial charge in [-0.05, 0) is 6.08 Å². The monoisotopic (exact) mass is 112 g/mol. The van der Waals surface area contributed by atoms with Crippen LogP contribution in [0.5, 0.6) is 0 Å². The van der Waals surface area contributed by atoms with Gasteiger partial charge in [0.25, 0.3) is 0 Å². The molecule has 0 radical (unpaired) electrons. The predicted molar refractivity (Wildman–Crippen MR) is 34.6 cm³/mol. The molecule has 1 heteroatoms. The summed E-state index contributed by atoms with van der Waals surface area (Å²) in [7, 11) is 0. The Bertz CT molecular complexity index is 108. The molecule has 8 heavy (non-hydrogen) atoms. The van der Waals surface area contributed by atoms with Gasteiger partial charge in [-0.15, -0.1) is 5.73 Å². The third kappa shape index (κ3) is 2.62. The first-order valence-electron chi connectivity index (χ1n) is 2.60. The summed E-state index contributed by atoms with van der Waals surface area (Å²) < 4.78 is 0. The Labute approximate surface area is 50.3 Å². The Morgan fingerprint density at radius 2 is 2.25 bits per heavy atom. The first kappa shape index (κ1) is 7.48. The fourth-order valence-corrected chi connectivity index (χ4v) is 0.322. The van der Waals surface area contributed by atoms with E-state index in [2.05, 4.69) is 12.3 Å². The van der Waals surface area contributed by atoms with Gasteiger partial charge in [-0.25, -0.2) is 0 Å². The average Bonchev–Trinajstić information content (AvgIpc) is 1.67. The van der Waals surface area contributed by atoms with Crippen LogP contribution in [0, 0.1) is 5.41 Å². The minimum absolute atomic E-state index is 0.148. The molecule has 0 unspecified atom stereocenters. The molecule has 0 aliphatic rings. The molecule has 0 spiro atoms. The molecule has 0 aliphatic carbocycles. The van der Waals surface area contributed by atoms with Crippen molar-refractivity contribution in [2.24, 2.45) is 5.41 Å². The van der Waals surface area contributed by atoms with Gasteiger partial charge in [0.2, 0.25) is 0 Å². The maximum Gasteiger partial charge on any atom is 0.0522 e. The van der Waals surface area contributed by atoms with Crippen LogP contribution in [0.2, 0.25) is 0 Å². The van der Waals surface area contributed by atoms with Crippen molar-refractivity contribution in [3.05, 3.63) is 18.4 Å². The molecule has 0 saturated heterocycles. The average molecular weight is 112 g/mol. The van der Waals surface area contributed by atoms with Gasteiger partial charge in [-0.1, -0.05) is 20.4 Å². The van der Waals surface area contributed by atoms with Crippen LogP contribution in [-0.2, 0) is 0 Å². The van der Waals surface area contributed by atoms with Gasteiger partial charge >= 0.3 is 0 Å². The van der Waals surface area contributed by atoms with E-state index in [-0.39, 0.29) is 12.0 Å². The summed E-state index contributed by atoms with van der Waals surface area (Å²) in [6.07, 6.45) is 1.76. The molecule has 0 amide bonds. The molecular weight excluding hydrogens is 100 g/mol. The molecule has 0 aromatic carbocycles. The highest BCUT2D eigenvalue weighted by atomic mass is 16.3. The Morgan fingerprint density at radius 1 is 1.75 bits per heavy atom. The van der Waals surface area contributed by atoms with E-state index in [0.717, 1.165) is 0 Å². The van der Waals surface area contributed by atoms with Crippen molar-refractivity contribution in [3.63, 3.8) is 0 Å². The molecule has 0 bridgehead atoms. The minimum atomic E-state index is -0.151. The van der Waals surface area contributed by atoms with Crippen LogP contribution in [0.4, 0.5) is 0 Å². The van der Waals surface area contributed by atoms with Crippen LogP contribution in [0.3, 0.4) is 0 Å². The molecule has 1 N–H and O–H groups in total. The van der Waals surface area contributed by atoms with Gasteiger partial charge in [-0.3, -0.25) is 0 Å². The SMILES string of the molecule is C=C=CC(C)(C)CO. The van der Waals surface area contributed by atoms with Crippen LogP contribution < -0.4 is 0 Å². The van der Waals surface area contributed by atoms with E-state index in [9.17, 15) is 0 Å². The summed E-state index contributed by atoms with van der Waals surface area (Å²) in [4.78, 5) is 0. The quantitative estimate of drug-likeness (QED) is 0.534. The number of hydrogen-bond acceptors (Lipinski definition) is 1. The van der Waals surface area contributed by atoms with E-state index in [1.54, 1.807) is 6.08 Å². The van der Waals surface area contributed by atoms with Gasteiger partial charge in [0.15, 0.2) is 0 Å². The van der Waals surface area contributed by atoms with E-state index in [1.807, 2.05) is 13.8 Å². The van der Waals surface area contributed by atoms with Crippen molar-refractivity contribution >= 4 is 0 Å². The van der Waals surface area contributed by atoms with Crippen LogP contribution in [0.25, 0.3) is 0 Å².